The summed E-state index contributed by atoms with van der Waals surface area (Å²) in [4.78, 5) is 21.8. The number of carbonyl (C=O) groups excluding carboxylic acids is 1. The summed E-state index contributed by atoms with van der Waals surface area (Å²) in [6.07, 6.45) is 1.55. The topological polar surface area (TPSA) is 88.5 Å². The molecule has 1 aromatic carbocycles. The second-order valence-corrected chi connectivity index (χ2v) is 7.52. The molecule has 1 unspecified atom stereocenters. The molecule has 0 aliphatic carbocycles. The Morgan fingerprint density at radius 3 is 2.27 bits per heavy atom. The number of hydrogen-bond donors (Lipinski definition) is 1. The van der Waals surface area contributed by atoms with Crippen molar-refractivity contribution in [3.63, 3.8) is 0 Å². The van der Waals surface area contributed by atoms with E-state index in [1.54, 1.807) is 0 Å². The lowest BCUT2D eigenvalue weighted by Crippen LogP contribution is -2.55. The Morgan fingerprint density at radius 2 is 1.73 bits per heavy atom. The molecule has 0 saturated carbocycles. The normalized spacial score (nSPS) is 15.8. The van der Waals surface area contributed by atoms with Crippen LogP contribution < -0.4 is 5.73 Å². The van der Waals surface area contributed by atoms with Crippen molar-refractivity contribution in [2.45, 2.75) is 39.7 Å². The molecule has 1 amide bonds. The Kier molecular flexibility index (Phi) is 10.2. The van der Waals surface area contributed by atoms with Crippen LogP contribution >= 0.6 is 24.8 Å². The molecule has 0 spiro atoms. The average molecular weight is 458 g/mol. The number of rotatable bonds is 7. The lowest BCUT2D eigenvalue weighted by atomic mass is 9.80. The van der Waals surface area contributed by atoms with Gasteiger partial charge in [0.25, 0.3) is 0 Å². The van der Waals surface area contributed by atoms with Gasteiger partial charge in [0.05, 0.1) is 11.5 Å². The summed E-state index contributed by atoms with van der Waals surface area (Å²) in [6.45, 7) is 9.53. The van der Waals surface area contributed by atoms with Crippen LogP contribution in [0.15, 0.2) is 34.9 Å². The average Bonchev–Trinajstić information content (AvgIpc) is 3.26. The van der Waals surface area contributed by atoms with Crippen LogP contribution in [0.1, 0.15) is 45.5 Å². The van der Waals surface area contributed by atoms with Crippen LogP contribution in [0, 0.1) is 5.41 Å². The second kappa shape index (κ2) is 11.6. The summed E-state index contributed by atoms with van der Waals surface area (Å²) < 4.78 is 5.51. The number of halogens is 2. The number of benzene rings is 1. The molecule has 2 aromatic rings. The van der Waals surface area contributed by atoms with Gasteiger partial charge in [-0.3, -0.25) is 9.69 Å². The molecule has 1 atom stereocenters. The number of nitrogens with zero attached hydrogens (tertiary/aromatic N) is 4. The van der Waals surface area contributed by atoms with Crippen LogP contribution in [-0.4, -0.2) is 58.6 Å². The number of carbonyl (C=O) groups is 1. The molecule has 1 saturated heterocycles. The lowest BCUT2D eigenvalue weighted by Gasteiger charge is -2.41. The fourth-order valence-corrected chi connectivity index (χ4v) is 3.84. The first-order valence-electron chi connectivity index (χ1n) is 10.2. The molecule has 9 heteroatoms. The van der Waals surface area contributed by atoms with Crippen LogP contribution in [0.4, 0.5) is 0 Å². The summed E-state index contributed by atoms with van der Waals surface area (Å²) in [7, 11) is 0. The number of nitrogens with two attached hydrogens (primary N) is 1. The Balaban J connectivity index is 0.00000225. The maximum absolute atomic E-state index is 13.0. The molecule has 1 fully saturated rings. The first kappa shape index (κ1) is 26.4. The predicted molar refractivity (Wildman–Crippen MR) is 123 cm³/mol. The highest BCUT2D eigenvalue weighted by Gasteiger charge is 2.38. The van der Waals surface area contributed by atoms with Crippen molar-refractivity contribution in [3.05, 3.63) is 36.2 Å². The van der Waals surface area contributed by atoms with Gasteiger partial charge in [-0.15, -0.1) is 24.8 Å². The number of aromatic nitrogens is 2. The van der Waals surface area contributed by atoms with Crippen molar-refractivity contribution < 1.29 is 9.32 Å². The van der Waals surface area contributed by atoms with Crippen molar-refractivity contribution in [2.24, 2.45) is 11.1 Å². The highest BCUT2D eigenvalue weighted by atomic mass is 35.5. The molecule has 0 bridgehead atoms. The molecule has 3 rings (SSSR count). The van der Waals surface area contributed by atoms with Crippen LogP contribution in [0.3, 0.4) is 0 Å². The van der Waals surface area contributed by atoms with Gasteiger partial charge in [0.2, 0.25) is 17.6 Å². The molecule has 1 aromatic heterocycles. The van der Waals surface area contributed by atoms with E-state index in [0.29, 0.717) is 31.3 Å². The van der Waals surface area contributed by atoms with Gasteiger partial charge < -0.3 is 15.2 Å². The van der Waals surface area contributed by atoms with E-state index in [4.69, 9.17) is 10.3 Å². The number of hydrogen-bond acceptors (Lipinski definition) is 6. The van der Waals surface area contributed by atoms with E-state index in [9.17, 15) is 4.79 Å². The maximum atomic E-state index is 13.0. The van der Waals surface area contributed by atoms with E-state index in [1.165, 1.54) is 0 Å². The summed E-state index contributed by atoms with van der Waals surface area (Å²) in [5, 5.41) is 4.12. The lowest BCUT2D eigenvalue weighted by molar-refractivity contribution is -0.144. The van der Waals surface area contributed by atoms with Gasteiger partial charge in [-0.25, -0.2) is 0 Å². The minimum atomic E-state index is -0.426. The van der Waals surface area contributed by atoms with E-state index in [1.807, 2.05) is 49.1 Å². The standard InChI is InChI=1S/C21H31N5O2.2ClH/c1-4-21(5-2,15-22)20(27)26-13-11-25(12-14-26)16(3)19-23-18(24-28-19)17-9-7-6-8-10-17;;/h6-10,16H,4-5,11-15,22H2,1-3H3;2*1H. The van der Waals surface area contributed by atoms with Gasteiger partial charge in [-0.05, 0) is 19.8 Å². The van der Waals surface area contributed by atoms with E-state index in [2.05, 4.69) is 22.0 Å². The van der Waals surface area contributed by atoms with Crippen molar-refractivity contribution in [2.75, 3.05) is 32.7 Å². The summed E-state index contributed by atoms with van der Waals surface area (Å²) in [6, 6.07) is 9.82. The minimum absolute atomic E-state index is 0. The molecule has 1 aliphatic rings. The van der Waals surface area contributed by atoms with Crippen molar-refractivity contribution >= 4 is 30.7 Å². The second-order valence-electron chi connectivity index (χ2n) is 7.52. The fraction of sp³-hybridized carbons (Fsp3) is 0.571. The molecular formula is C21H33Cl2N5O2. The molecule has 1 aliphatic heterocycles. The monoisotopic (exact) mass is 457 g/mol. The summed E-state index contributed by atoms with van der Waals surface area (Å²) in [5.74, 6) is 1.41. The molecule has 7 nitrogen and oxygen atoms in total. The third kappa shape index (κ3) is 5.32. The largest absolute Gasteiger partial charge is 0.340 e. The van der Waals surface area contributed by atoms with E-state index in [-0.39, 0.29) is 36.8 Å². The zero-order valence-electron chi connectivity index (χ0n) is 17.9. The smallest absolute Gasteiger partial charge is 0.244 e. The molecule has 30 heavy (non-hydrogen) atoms. The Morgan fingerprint density at radius 1 is 1.13 bits per heavy atom. The van der Waals surface area contributed by atoms with Crippen LogP contribution in [-0.2, 0) is 4.79 Å². The Bertz CT molecular complexity index is 766. The SMILES string of the molecule is CCC(CC)(CN)C(=O)N1CCN(C(C)c2nc(-c3ccccc3)no2)CC1.Cl.Cl. The Hall–Kier alpha value is -1.67. The first-order chi connectivity index (χ1) is 13.5. The molecule has 168 valence electrons. The first-order valence-corrected chi connectivity index (χ1v) is 10.2. The molecule has 0 radical (unpaired) electrons. The van der Waals surface area contributed by atoms with Gasteiger partial charge in [-0.1, -0.05) is 49.3 Å². The van der Waals surface area contributed by atoms with Gasteiger partial charge in [0.1, 0.15) is 0 Å². The quantitative estimate of drug-likeness (QED) is 0.683. The maximum Gasteiger partial charge on any atom is 0.244 e. The van der Waals surface area contributed by atoms with E-state index in [0.717, 1.165) is 31.5 Å². The fourth-order valence-electron chi connectivity index (χ4n) is 3.84. The third-order valence-corrected chi connectivity index (χ3v) is 6.18. The summed E-state index contributed by atoms with van der Waals surface area (Å²) >= 11 is 0. The molecule has 2 N–H and O–H groups in total. The Labute approximate surface area is 191 Å². The van der Waals surface area contributed by atoms with Crippen LogP contribution in [0.2, 0.25) is 0 Å². The van der Waals surface area contributed by atoms with E-state index >= 15 is 0 Å². The number of amides is 1. The van der Waals surface area contributed by atoms with Crippen molar-refractivity contribution in [3.8, 4) is 11.4 Å². The highest BCUT2D eigenvalue weighted by molar-refractivity contribution is 5.85. The van der Waals surface area contributed by atoms with Crippen LogP contribution in [0.25, 0.3) is 11.4 Å². The minimum Gasteiger partial charge on any atom is -0.340 e. The van der Waals surface area contributed by atoms with Crippen molar-refractivity contribution in [1.29, 1.82) is 0 Å². The highest BCUT2D eigenvalue weighted by Crippen LogP contribution is 2.29. The number of piperazine rings is 1. The van der Waals surface area contributed by atoms with Gasteiger partial charge in [-0.2, -0.15) is 4.98 Å². The predicted octanol–water partition coefficient (Wildman–Crippen LogP) is 3.55. The van der Waals surface area contributed by atoms with Gasteiger partial charge in [0.15, 0.2) is 0 Å². The molecule has 2 heterocycles. The zero-order valence-corrected chi connectivity index (χ0v) is 19.5. The van der Waals surface area contributed by atoms with Gasteiger partial charge in [0, 0.05) is 38.3 Å². The third-order valence-electron chi connectivity index (χ3n) is 6.18. The van der Waals surface area contributed by atoms with Gasteiger partial charge >= 0.3 is 0 Å². The van der Waals surface area contributed by atoms with Crippen LogP contribution in [0.5, 0.6) is 0 Å². The van der Waals surface area contributed by atoms with E-state index < -0.39 is 5.41 Å². The zero-order chi connectivity index (χ0) is 20.1. The molecular weight excluding hydrogens is 425 g/mol. The summed E-state index contributed by atoms with van der Waals surface area (Å²) in [5.41, 5.74) is 6.47. The van der Waals surface area contributed by atoms with Crippen molar-refractivity contribution in [1.82, 2.24) is 19.9 Å².